The first-order valence-electron chi connectivity index (χ1n) is 7.44. The largest absolute Gasteiger partial charge is 0.325 e. The molecule has 2 atom stereocenters. The Hall–Kier alpha value is -1.06. The Kier molecular flexibility index (Phi) is 5.06. The monoisotopic (exact) mass is 294 g/mol. The summed E-state index contributed by atoms with van der Waals surface area (Å²) in [7, 11) is 0. The van der Waals surface area contributed by atoms with Crippen molar-refractivity contribution in [2.75, 3.05) is 5.32 Å². The molecule has 1 aliphatic rings. The maximum Gasteiger partial charge on any atom is 0.228 e. The Labute approximate surface area is 125 Å². The van der Waals surface area contributed by atoms with E-state index in [0.717, 1.165) is 29.7 Å². The second kappa shape index (κ2) is 6.59. The van der Waals surface area contributed by atoms with Crippen molar-refractivity contribution in [3.05, 3.63) is 28.3 Å². The minimum absolute atomic E-state index is 0.0276. The normalized spacial score (nSPS) is 16.7. The van der Waals surface area contributed by atoms with Crippen LogP contribution in [-0.4, -0.2) is 5.91 Å². The molecule has 1 amide bonds. The van der Waals surface area contributed by atoms with Gasteiger partial charge in [0.05, 0.1) is 6.42 Å². The van der Waals surface area contributed by atoms with Crippen LogP contribution >= 0.6 is 11.6 Å². The van der Waals surface area contributed by atoms with Gasteiger partial charge in [-0.2, -0.15) is 0 Å². The first-order chi connectivity index (χ1) is 9.56. The molecule has 110 valence electrons. The van der Waals surface area contributed by atoms with Crippen molar-refractivity contribution in [1.29, 1.82) is 0 Å². The zero-order chi connectivity index (χ0) is 14.7. The third-order valence-electron chi connectivity index (χ3n) is 4.17. The number of nitrogens with one attached hydrogen (secondary N) is 1. The maximum absolute atomic E-state index is 11.4. The van der Waals surface area contributed by atoms with Gasteiger partial charge in [0.1, 0.15) is 0 Å². The number of unbranched alkanes of at least 4 members (excludes halogenated alkanes) is 1. The number of hydrogen-bond donors (Lipinski definition) is 2. The lowest BCUT2D eigenvalue weighted by Crippen LogP contribution is -2.21. The van der Waals surface area contributed by atoms with Crippen LogP contribution < -0.4 is 11.1 Å². The zero-order valence-electron chi connectivity index (χ0n) is 12.2. The lowest BCUT2D eigenvalue weighted by Gasteiger charge is -2.24. The molecule has 2 rings (SSSR count). The molecule has 3 nitrogen and oxygen atoms in total. The van der Waals surface area contributed by atoms with Gasteiger partial charge in [-0.3, -0.25) is 4.79 Å². The predicted octanol–water partition coefficient (Wildman–Crippen LogP) is 4.05. The van der Waals surface area contributed by atoms with E-state index >= 15 is 0 Å². The number of carbonyl (C=O) groups is 1. The van der Waals surface area contributed by atoms with E-state index in [0.29, 0.717) is 17.4 Å². The topological polar surface area (TPSA) is 55.1 Å². The van der Waals surface area contributed by atoms with Gasteiger partial charge < -0.3 is 11.1 Å². The Morgan fingerprint density at radius 2 is 2.15 bits per heavy atom. The van der Waals surface area contributed by atoms with E-state index in [4.69, 9.17) is 17.3 Å². The first-order valence-corrected chi connectivity index (χ1v) is 7.82. The highest BCUT2D eigenvalue weighted by Gasteiger charge is 2.24. The van der Waals surface area contributed by atoms with Crippen molar-refractivity contribution in [2.45, 2.75) is 52.0 Å². The predicted molar refractivity (Wildman–Crippen MR) is 84.0 cm³/mol. The lowest BCUT2D eigenvalue weighted by atomic mass is 9.86. The van der Waals surface area contributed by atoms with Gasteiger partial charge >= 0.3 is 0 Å². The highest BCUT2D eigenvalue weighted by Crippen LogP contribution is 2.36. The number of halogens is 1. The standard InChI is InChI=1S/C16H23ClN2O/c1-3-5-6-10(4-2)16(18)12-7-11-8-15(20)19-14(11)9-13(12)17/h7,9-10,16H,3-6,8,18H2,1-2H3,(H,19,20). The van der Waals surface area contributed by atoms with Gasteiger partial charge in [-0.25, -0.2) is 0 Å². The molecule has 0 saturated carbocycles. The maximum atomic E-state index is 11.4. The highest BCUT2D eigenvalue weighted by atomic mass is 35.5. The molecule has 0 spiro atoms. The van der Waals surface area contributed by atoms with E-state index in [1.165, 1.54) is 12.8 Å². The average molecular weight is 295 g/mol. The van der Waals surface area contributed by atoms with E-state index in [2.05, 4.69) is 19.2 Å². The van der Waals surface area contributed by atoms with Gasteiger partial charge in [0.2, 0.25) is 5.91 Å². The smallest absolute Gasteiger partial charge is 0.228 e. The van der Waals surface area contributed by atoms with E-state index in [1.54, 1.807) is 0 Å². The summed E-state index contributed by atoms with van der Waals surface area (Å²) >= 11 is 6.35. The first kappa shape index (κ1) is 15.3. The molecule has 0 aromatic heterocycles. The van der Waals surface area contributed by atoms with E-state index in [-0.39, 0.29) is 11.9 Å². The van der Waals surface area contributed by atoms with Gasteiger partial charge in [0.15, 0.2) is 0 Å². The fourth-order valence-corrected chi connectivity index (χ4v) is 3.17. The Morgan fingerprint density at radius 3 is 2.80 bits per heavy atom. The number of benzene rings is 1. The van der Waals surface area contributed by atoms with Crippen LogP contribution in [0.3, 0.4) is 0 Å². The quantitative estimate of drug-likeness (QED) is 0.831. The van der Waals surface area contributed by atoms with E-state index in [1.807, 2.05) is 12.1 Å². The molecule has 0 bridgehead atoms. The van der Waals surface area contributed by atoms with Crippen LogP contribution in [0.15, 0.2) is 12.1 Å². The van der Waals surface area contributed by atoms with Gasteiger partial charge in [-0.15, -0.1) is 0 Å². The molecular formula is C16H23ClN2O. The number of nitrogens with two attached hydrogens (primary N) is 1. The number of hydrogen-bond acceptors (Lipinski definition) is 2. The van der Waals surface area contributed by atoms with E-state index in [9.17, 15) is 4.79 Å². The van der Waals surface area contributed by atoms with Crippen molar-refractivity contribution in [3.8, 4) is 0 Å². The molecule has 20 heavy (non-hydrogen) atoms. The molecule has 2 unspecified atom stereocenters. The summed E-state index contributed by atoms with van der Waals surface area (Å²) in [6.07, 6.45) is 4.97. The second-order valence-corrected chi connectivity index (χ2v) is 6.00. The fraction of sp³-hybridized carbons (Fsp3) is 0.562. The minimum atomic E-state index is -0.0555. The lowest BCUT2D eigenvalue weighted by molar-refractivity contribution is -0.115. The van der Waals surface area contributed by atoms with Gasteiger partial charge in [-0.05, 0) is 29.5 Å². The zero-order valence-corrected chi connectivity index (χ0v) is 13.0. The fourth-order valence-electron chi connectivity index (χ4n) is 2.88. The third-order valence-corrected chi connectivity index (χ3v) is 4.49. The Bertz CT molecular complexity index is 501. The van der Waals surface area contributed by atoms with Crippen LogP contribution in [0.25, 0.3) is 0 Å². The number of fused-ring (bicyclic) bond motifs is 1. The van der Waals surface area contributed by atoms with Crippen LogP contribution in [-0.2, 0) is 11.2 Å². The van der Waals surface area contributed by atoms with Crippen LogP contribution in [0.4, 0.5) is 5.69 Å². The number of carbonyl (C=O) groups excluding carboxylic acids is 1. The molecule has 1 aliphatic heterocycles. The van der Waals surface area contributed by atoms with Crippen LogP contribution in [0.2, 0.25) is 5.02 Å². The molecule has 0 radical (unpaired) electrons. The number of amides is 1. The third kappa shape index (κ3) is 3.15. The molecular weight excluding hydrogens is 272 g/mol. The van der Waals surface area contributed by atoms with Gasteiger partial charge in [-0.1, -0.05) is 50.8 Å². The Morgan fingerprint density at radius 1 is 1.40 bits per heavy atom. The van der Waals surface area contributed by atoms with Crippen LogP contribution in [0, 0.1) is 5.92 Å². The summed E-state index contributed by atoms with van der Waals surface area (Å²) in [6, 6.07) is 3.79. The number of rotatable bonds is 6. The molecule has 1 heterocycles. The van der Waals surface area contributed by atoms with E-state index < -0.39 is 0 Å². The van der Waals surface area contributed by atoms with Crippen molar-refractivity contribution < 1.29 is 4.79 Å². The average Bonchev–Trinajstić information content (AvgIpc) is 2.77. The SMILES string of the molecule is CCCCC(CC)C(N)c1cc2c(cc1Cl)NC(=O)C2. The van der Waals surface area contributed by atoms with Crippen molar-refractivity contribution in [1.82, 2.24) is 0 Å². The van der Waals surface area contributed by atoms with Crippen LogP contribution in [0.1, 0.15) is 56.7 Å². The van der Waals surface area contributed by atoms with Gasteiger partial charge in [0, 0.05) is 16.8 Å². The molecule has 4 heteroatoms. The molecule has 0 saturated heterocycles. The summed E-state index contributed by atoms with van der Waals surface area (Å²) < 4.78 is 0. The summed E-state index contributed by atoms with van der Waals surface area (Å²) in [5, 5.41) is 3.48. The molecule has 0 fully saturated rings. The summed E-state index contributed by atoms with van der Waals surface area (Å²) in [4.78, 5) is 11.4. The van der Waals surface area contributed by atoms with Crippen molar-refractivity contribution in [3.63, 3.8) is 0 Å². The minimum Gasteiger partial charge on any atom is -0.325 e. The molecule has 0 aliphatic carbocycles. The summed E-state index contributed by atoms with van der Waals surface area (Å²) in [5.41, 5.74) is 9.25. The highest BCUT2D eigenvalue weighted by molar-refractivity contribution is 6.32. The summed E-state index contributed by atoms with van der Waals surface area (Å²) in [6.45, 7) is 4.37. The second-order valence-electron chi connectivity index (χ2n) is 5.59. The number of anilines is 1. The molecule has 3 N–H and O–H groups in total. The molecule has 1 aromatic carbocycles. The van der Waals surface area contributed by atoms with Crippen LogP contribution in [0.5, 0.6) is 0 Å². The van der Waals surface area contributed by atoms with Crippen molar-refractivity contribution >= 4 is 23.2 Å². The molecule has 1 aromatic rings. The Balaban J connectivity index is 2.23. The van der Waals surface area contributed by atoms with Gasteiger partial charge in [0.25, 0.3) is 0 Å². The van der Waals surface area contributed by atoms with Crippen molar-refractivity contribution in [2.24, 2.45) is 11.7 Å². The summed E-state index contributed by atoms with van der Waals surface area (Å²) in [5.74, 6) is 0.468.